The van der Waals surface area contributed by atoms with Crippen molar-refractivity contribution in [3.8, 4) is 0 Å². The van der Waals surface area contributed by atoms with Crippen LogP contribution in [0.15, 0.2) is 10.7 Å². The Morgan fingerprint density at radius 2 is 2.09 bits per heavy atom. The van der Waals surface area contributed by atoms with Gasteiger partial charge in [0.05, 0.1) is 12.6 Å². The standard InChI is InChI=1S/C13H17F3N6O/c1-21-8-17-18-10(21)7-22-5-3-2-4-9(22)12-20-19-11(23-12)6-13(14,15)16/h8-9H,2-7H2,1H3/t9-/m1/s1. The van der Waals surface area contributed by atoms with Crippen molar-refractivity contribution in [2.75, 3.05) is 6.54 Å². The van der Waals surface area contributed by atoms with Gasteiger partial charge in [0.1, 0.15) is 18.6 Å². The lowest BCUT2D eigenvalue weighted by molar-refractivity contribution is -0.131. The fourth-order valence-electron chi connectivity index (χ4n) is 2.74. The van der Waals surface area contributed by atoms with Crippen LogP contribution in [0.5, 0.6) is 0 Å². The maximum absolute atomic E-state index is 12.4. The molecule has 0 N–H and O–H groups in total. The smallest absolute Gasteiger partial charge is 0.397 e. The highest BCUT2D eigenvalue weighted by Crippen LogP contribution is 2.32. The quantitative estimate of drug-likeness (QED) is 0.854. The van der Waals surface area contributed by atoms with Gasteiger partial charge in [-0.3, -0.25) is 4.90 Å². The number of halogens is 3. The molecular weight excluding hydrogens is 313 g/mol. The molecule has 0 spiro atoms. The first kappa shape index (κ1) is 15.9. The van der Waals surface area contributed by atoms with E-state index < -0.39 is 18.5 Å². The van der Waals surface area contributed by atoms with Crippen molar-refractivity contribution in [1.29, 1.82) is 0 Å². The monoisotopic (exact) mass is 330 g/mol. The van der Waals surface area contributed by atoms with Gasteiger partial charge in [-0.25, -0.2) is 0 Å². The number of piperidine rings is 1. The molecule has 0 aromatic carbocycles. The zero-order valence-corrected chi connectivity index (χ0v) is 12.6. The van der Waals surface area contributed by atoms with E-state index in [0.29, 0.717) is 6.54 Å². The molecule has 2 aromatic rings. The number of rotatable bonds is 4. The molecule has 0 saturated carbocycles. The van der Waals surface area contributed by atoms with Gasteiger partial charge in [0.2, 0.25) is 11.8 Å². The first-order valence-electron chi connectivity index (χ1n) is 7.38. The number of hydrogen-bond donors (Lipinski definition) is 0. The van der Waals surface area contributed by atoms with E-state index in [1.54, 1.807) is 6.33 Å². The predicted molar refractivity (Wildman–Crippen MR) is 72.1 cm³/mol. The molecule has 0 amide bonds. The van der Waals surface area contributed by atoms with E-state index in [4.69, 9.17) is 4.42 Å². The molecule has 0 radical (unpaired) electrons. The van der Waals surface area contributed by atoms with Crippen molar-refractivity contribution in [3.05, 3.63) is 23.9 Å². The van der Waals surface area contributed by atoms with Gasteiger partial charge in [-0.1, -0.05) is 6.42 Å². The lowest BCUT2D eigenvalue weighted by Crippen LogP contribution is -2.34. The zero-order chi connectivity index (χ0) is 16.4. The van der Waals surface area contributed by atoms with Crippen molar-refractivity contribution < 1.29 is 17.6 Å². The van der Waals surface area contributed by atoms with E-state index in [-0.39, 0.29) is 11.9 Å². The molecule has 2 aromatic heterocycles. The number of nitrogens with zero attached hydrogens (tertiary/aromatic N) is 6. The van der Waals surface area contributed by atoms with Crippen LogP contribution >= 0.6 is 0 Å². The molecule has 0 unspecified atom stereocenters. The van der Waals surface area contributed by atoms with Crippen LogP contribution in [-0.2, 0) is 20.0 Å². The fraction of sp³-hybridized carbons (Fsp3) is 0.692. The highest BCUT2D eigenvalue weighted by Gasteiger charge is 2.33. The summed E-state index contributed by atoms with van der Waals surface area (Å²) < 4.78 is 44.3. The summed E-state index contributed by atoms with van der Waals surface area (Å²) in [6.45, 7) is 1.34. The van der Waals surface area contributed by atoms with Crippen molar-refractivity contribution in [2.24, 2.45) is 7.05 Å². The van der Waals surface area contributed by atoms with E-state index in [2.05, 4.69) is 25.3 Å². The minimum Gasteiger partial charge on any atom is -0.423 e. The summed E-state index contributed by atoms with van der Waals surface area (Å²) in [6, 6.07) is -0.185. The Morgan fingerprint density at radius 3 is 2.78 bits per heavy atom. The van der Waals surface area contributed by atoms with Crippen molar-refractivity contribution >= 4 is 0 Å². The van der Waals surface area contributed by atoms with Crippen LogP contribution in [0.4, 0.5) is 13.2 Å². The van der Waals surface area contributed by atoms with Crippen LogP contribution in [0.2, 0.25) is 0 Å². The number of aryl methyl sites for hydroxylation is 1. The predicted octanol–water partition coefficient (Wildman–Crippen LogP) is 2.03. The number of aromatic nitrogens is 5. The average Bonchev–Trinajstić information content (AvgIpc) is 3.08. The minimum absolute atomic E-state index is 0.185. The van der Waals surface area contributed by atoms with Gasteiger partial charge in [-0.05, 0) is 19.4 Å². The lowest BCUT2D eigenvalue weighted by Gasteiger charge is -2.32. The van der Waals surface area contributed by atoms with Gasteiger partial charge in [0.15, 0.2) is 0 Å². The van der Waals surface area contributed by atoms with E-state index in [0.717, 1.165) is 31.6 Å². The van der Waals surface area contributed by atoms with Crippen molar-refractivity contribution in [2.45, 2.75) is 44.4 Å². The topological polar surface area (TPSA) is 72.9 Å². The van der Waals surface area contributed by atoms with Gasteiger partial charge in [0.25, 0.3) is 0 Å². The Hall–Kier alpha value is -1.97. The molecule has 3 heterocycles. The summed E-state index contributed by atoms with van der Waals surface area (Å²) in [5, 5.41) is 15.2. The summed E-state index contributed by atoms with van der Waals surface area (Å²) in [5.74, 6) is 0.634. The summed E-state index contributed by atoms with van der Waals surface area (Å²) in [5.41, 5.74) is 0. The second kappa shape index (κ2) is 6.26. The summed E-state index contributed by atoms with van der Waals surface area (Å²) >= 11 is 0. The normalized spacial score (nSPS) is 20.1. The van der Waals surface area contributed by atoms with Gasteiger partial charge in [-0.15, -0.1) is 20.4 Å². The van der Waals surface area contributed by atoms with E-state index >= 15 is 0 Å². The molecule has 0 bridgehead atoms. The number of hydrogen-bond acceptors (Lipinski definition) is 6. The second-order valence-corrected chi connectivity index (χ2v) is 5.67. The number of likely N-dealkylation sites (tertiary alicyclic amines) is 1. The molecule has 126 valence electrons. The maximum atomic E-state index is 12.4. The Balaban J connectivity index is 1.75. The highest BCUT2D eigenvalue weighted by atomic mass is 19.4. The Morgan fingerprint density at radius 1 is 1.26 bits per heavy atom. The lowest BCUT2D eigenvalue weighted by atomic mass is 10.0. The molecule has 1 saturated heterocycles. The SMILES string of the molecule is Cn1cnnc1CN1CCCC[C@@H]1c1nnc(CC(F)(F)F)o1. The Kier molecular flexibility index (Phi) is 4.33. The van der Waals surface area contributed by atoms with Gasteiger partial charge in [0, 0.05) is 7.05 Å². The van der Waals surface area contributed by atoms with Gasteiger partial charge in [-0.2, -0.15) is 13.2 Å². The van der Waals surface area contributed by atoms with E-state index in [1.165, 1.54) is 0 Å². The molecule has 10 heteroatoms. The van der Waals surface area contributed by atoms with Gasteiger partial charge >= 0.3 is 6.18 Å². The van der Waals surface area contributed by atoms with Gasteiger partial charge < -0.3 is 8.98 Å². The van der Waals surface area contributed by atoms with Crippen LogP contribution in [-0.4, -0.2) is 42.6 Å². The molecule has 1 aliphatic heterocycles. The fourth-order valence-corrected chi connectivity index (χ4v) is 2.74. The summed E-state index contributed by atoms with van der Waals surface area (Å²) in [4.78, 5) is 2.10. The molecule has 0 aliphatic carbocycles. The van der Waals surface area contributed by atoms with E-state index in [9.17, 15) is 13.2 Å². The average molecular weight is 330 g/mol. The maximum Gasteiger partial charge on any atom is 0.397 e. The van der Waals surface area contributed by atoms with Crippen LogP contribution in [0.25, 0.3) is 0 Å². The summed E-state index contributed by atoms with van der Waals surface area (Å²) in [6.07, 6.45) is -1.19. The van der Waals surface area contributed by atoms with Crippen molar-refractivity contribution in [1.82, 2.24) is 29.9 Å². The second-order valence-electron chi connectivity index (χ2n) is 5.67. The highest BCUT2D eigenvalue weighted by molar-refractivity contribution is 4.96. The van der Waals surface area contributed by atoms with E-state index in [1.807, 2.05) is 11.6 Å². The zero-order valence-electron chi connectivity index (χ0n) is 12.6. The largest absolute Gasteiger partial charge is 0.423 e. The molecule has 23 heavy (non-hydrogen) atoms. The van der Waals surface area contributed by atoms with Crippen LogP contribution in [0.3, 0.4) is 0 Å². The summed E-state index contributed by atoms with van der Waals surface area (Å²) in [7, 11) is 1.85. The van der Waals surface area contributed by atoms with Crippen LogP contribution < -0.4 is 0 Å². The Bertz CT molecular complexity index is 652. The Labute approximate surface area is 130 Å². The molecular formula is C13H17F3N6O. The van der Waals surface area contributed by atoms with Crippen molar-refractivity contribution in [3.63, 3.8) is 0 Å². The third-order valence-electron chi connectivity index (χ3n) is 3.88. The molecule has 1 aliphatic rings. The first-order chi connectivity index (χ1) is 10.9. The molecule has 3 rings (SSSR count). The van der Waals surface area contributed by atoms with Crippen LogP contribution in [0.1, 0.15) is 42.9 Å². The molecule has 1 atom stereocenters. The number of alkyl halides is 3. The molecule has 1 fully saturated rings. The first-order valence-corrected chi connectivity index (χ1v) is 7.38. The molecule has 7 nitrogen and oxygen atoms in total. The van der Waals surface area contributed by atoms with Crippen LogP contribution in [0, 0.1) is 0 Å². The third kappa shape index (κ3) is 3.87. The third-order valence-corrected chi connectivity index (χ3v) is 3.88. The minimum atomic E-state index is -4.35.